The van der Waals surface area contributed by atoms with Crippen LogP contribution in [0.3, 0.4) is 0 Å². The predicted octanol–water partition coefficient (Wildman–Crippen LogP) is 5.46. The number of oxazole rings is 1. The number of hydrogen-bond acceptors (Lipinski definition) is 6. The molecule has 0 aliphatic heterocycles. The lowest BCUT2D eigenvalue weighted by Crippen LogP contribution is -2.21. The molecule has 0 amide bonds. The molecule has 0 aliphatic carbocycles. The summed E-state index contributed by atoms with van der Waals surface area (Å²) in [5, 5.41) is 8.62. The summed E-state index contributed by atoms with van der Waals surface area (Å²) in [4.78, 5) is 7.00. The normalized spacial score (nSPS) is 13.3. The number of rotatable bonds is 6. The highest BCUT2D eigenvalue weighted by atomic mass is 32.1. The zero-order chi connectivity index (χ0) is 19.9. The van der Waals surface area contributed by atoms with E-state index in [1.807, 2.05) is 11.3 Å². The van der Waals surface area contributed by atoms with Crippen LogP contribution >= 0.6 is 11.3 Å². The molecule has 0 atom stereocenters. The molecule has 0 aromatic carbocycles. The number of nitrogens with zero attached hydrogens (tertiary/aromatic N) is 3. The van der Waals surface area contributed by atoms with E-state index in [0.29, 0.717) is 24.1 Å². The van der Waals surface area contributed by atoms with Gasteiger partial charge in [0.05, 0.1) is 6.20 Å². The quantitative estimate of drug-likeness (QED) is 0.562. The molecule has 0 radical (unpaired) electrons. The van der Waals surface area contributed by atoms with Gasteiger partial charge in [0.25, 0.3) is 0 Å². The van der Waals surface area contributed by atoms with Crippen molar-refractivity contribution in [3.63, 3.8) is 0 Å². The zero-order valence-corrected chi connectivity index (χ0v) is 18.1. The van der Waals surface area contributed by atoms with Gasteiger partial charge in [0.2, 0.25) is 11.8 Å². The van der Waals surface area contributed by atoms with Crippen LogP contribution in [0.15, 0.2) is 33.4 Å². The predicted molar refractivity (Wildman–Crippen MR) is 107 cm³/mol. The van der Waals surface area contributed by atoms with Crippen LogP contribution in [-0.2, 0) is 29.1 Å². The van der Waals surface area contributed by atoms with Gasteiger partial charge in [-0.3, -0.25) is 0 Å². The molecule has 0 aliphatic rings. The standard InChI is InChI=1S/C21H29N3O2S/c1-19(2,3)15-9-8-14(27-15)12-20(4,5)18-24-23-16(26-18)13-21(6,7)17-22-10-11-25-17/h8-11H,12-13H2,1-7H3. The Morgan fingerprint density at radius 3 is 2.19 bits per heavy atom. The van der Waals surface area contributed by atoms with Crippen molar-refractivity contribution in [2.24, 2.45) is 0 Å². The van der Waals surface area contributed by atoms with Gasteiger partial charge in [0, 0.05) is 27.0 Å². The van der Waals surface area contributed by atoms with Crippen molar-refractivity contribution < 1.29 is 8.83 Å². The number of aromatic nitrogens is 3. The van der Waals surface area contributed by atoms with Crippen LogP contribution in [0.4, 0.5) is 0 Å². The topological polar surface area (TPSA) is 65.0 Å². The fourth-order valence-corrected chi connectivity index (χ4v) is 4.29. The molecule has 0 spiro atoms. The summed E-state index contributed by atoms with van der Waals surface area (Å²) in [5.41, 5.74) is -0.346. The maximum atomic E-state index is 6.04. The van der Waals surface area contributed by atoms with Crippen molar-refractivity contribution >= 4 is 11.3 Å². The first kappa shape index (κ1) is 19.8. The molecule has 0 saturated heterocycles. The second-order valence-electron chi connectivity index (χ2n) is 9.48. The van der Waals surface area contributed by atoms with Crippen LogP contribution in [0.25, 0.3) is 0 Å². The van der Waals surface area contributed by atoms with Gasteiger partial charge in [-0.05, 0) is 24.0 Å². The minimum atomic E-state index is -0.299. The fourth-order valence-electron chi connectivity index (χ4n) is 3.00. The molecular weight excluding hydrogens is 358 g/mol. The monoisotopic (exact) mass is 387 g/mol. The Kier molecular flexibility index (Phi) is 5.06. The third-order valence-electron chi connectivity index (χ3n) is 4.67. The molecule has 3 heterocycles. The summed E-state index contributed by atoms with van der Waals surface area (Å²) < 4.78 is 11.5. The van der Waals surface area contributed by atoms with E-state index in [1.165, 1.54) is 9.75 Å². The Morgan fingerprint density at radius 2 is 1.59 bits per heavy atom. The summed E-state index contributed by atoms with van der Waals surface area (Å²) >= 11 is 1.87. The average molecular weight is 388 g/mol. The van der Waals surface area contributed by atoms with Crippen LogP contribution in [0, 0.1) is 0 Å². The van der Waals surface area contributed by atoms with Crippen molar-refractivity contribution in [3.05, 3.63) is 52.0 Å². The molecule has 3 rings (SSSR count). The third-order valence-corrected chi connectivity index (χ3v) is 6.18. The second-order valence-corrected chi connectivity index (χ2v) is 10.6. The van der Waals surface area contributed by atoms with E-state index in [-0.39, 0.29) is 16.2 Å². The largest absolute Gasteiger partial charge is 0.448 e. The smallest absolute Gasteiger partial charge is 0.222 e. The summed E-state index contributed by atoms with van der Waals surface area (Å²) in [6.07, 6.45) is 4.71. The molecule has 0 unspecified atom stereocenters. The number of thiophene rings is 1. The molecule has 6 heteroatoms. The Morgan fingerprint density at radius 1 is 0.889 bits per heavy atom. The fraction of sp³-hybridized carbons (Fsp3) is 0.571. The Labute approximate surface area is 165 Å². The second kappa shape index (κ2) is 6.89. The highest BCUT2D eigenvalue weighted by Gasteiger charge is 2.32. The van der Waals surface area contributed by atoms with E-state index < -0.39 is 0 Å². The highest BCUT2D eigenvalue weighted by Crippen LogP contribution is 2.35. The molecule has 0 fully saturated rings. The maximum absolute atomic E-state index is 6.04. The van der Waals surface area contributed by atoms with E-state index in [4.69, 9.17) is 8.83 Å². The van der Waals surface area contributed by atoms with Gasteiger partial charge in [0.1, 0.15) is 6.26 Å². The molecular formula is C21H29N3O2S. The third kappa shape index (κ3) is 4.49. The van der Waals surface area contributed by atoms with E-state index >= 15 is 0 Å². The molecule has 5 nitrogen and oxygen atoms in total. The van der Waals surface area contributed by atoms with Crippen molar-refractivity contribution in [3.8, 4) is 0 Å². The summed E-state index contributed by atoms with van der Waals surface area (Å²) in [5.74, 6) is 1.96. The zero-order valence-electron chi connectivity index (χ0n) is 17.3. The molecule has 146 valence electrons. The van der Waals surface area contributed by atoms with Gasteiger partial charge >= 0.3 is 0 Å². The first-order valence-electron chi connectivity index (χ1n) is 9.29. The summed E-state index contributed by atoms with van der Waals surface area (Å²) in [6.45, 7) is 15.2. The van der Waals surface area contributed by atoms with E-state index in [2.05, 4.69) is 75.8 Å². The van der Waals surface area contributed by atoms with E-state index in [9.17, 15) is 0 Å². The Bertz CT molecular complexity index is 883. The van der Waals surface area contributed by atoms with Crippen molar-refractivity contribution in [2.45, 2.75) is 77.6 Å². The lowest BCUT2D eigenvalue weighted by Gasteiger charge is -2.20. The maximum Gasteiger partial charge on any atom is 0.222 e. The van der Waals surface area contributed by atoms with Gasteiger partial charge < -0.3 is 8.83 Å². The molecule has 0 saturated carbocycles. The SMILES string of the molecule is CC(C)(C)c1ccc(CC(C)(C)c2nnc(CC(C)(C)c3ncco3)o2)s1. The summed E-state index contributed by atoms with van der Waals surface area (Å²) in [6, 6.07) is 4.45. The van der Waals surface area contributed by atoms with Gasteiger partial charge in [-0.1, -0.05) is 48.5 Å². The molecule has 3 aromatic rings. The molecule has 3 aromatic heterocycles. The molecule has 27 heavy (non-hydrogen) atoms. The van der Waals surface area contributed by atoms with Gasteiger partial charge in [0.15, 0.2) is 5.89 Å². The minimum absolute atomic E-state index is 0.177. The Balaban J connectivity index is 1.73. The Hall–Kier alpha value is -1.95. The van der Waals surface area contributed by atoms with Crippen LogP contribution < -0.4 is 0 Å². The van der Waals surface area contributed by atoms with Gasteiger partial charge in [-0.2, -0.15) is 0 Å². The summed E-state index contributed by atoms with van der Waals surface area (Å²) in [7, 11) is 0. The highest BCUT2D eigenvalue weighted by molar-refractivity contribution is 7.12. The van der Waals surface area contributed by atoms with E-state index in [0.717, 1.165) is 6.42 Å². The van der Waals surface area contributed by atoms with Crippen LogP contribution in [-0.4, -0.2) is 15.2 Å². The lowest BCUT2D eigenvalue weighted by atomic mass is 9.88. The first-order valence-corrected chi connectivity index (χ1v) is 10.1. The van der Waals surface area contributed by atoms with Crippen LogP contribution in [0.5, 0.6) is 0 Å². The van der Waals surface area contributed by atoms with Crippen molar-refractivity contribution in [1.82, 2.24) is 15.2 Å². The van der Waals surface area contributed by atoms with Gasteiger partial charge in [-0.15, -0.1) is 21.5 Å². The van der Waals surface area contributed by atoms with Crippen molar-refractivity contribution in [1.29, 1.82) is 0 Å². The van der Waals surface area contributed by atoms with Gasteiger partial charge in [-0.25, -0.2) is 4.98 Å². The van der Waals surface area contributed by atoms with E-state index in [1.54, 1.807) is 12.5 Å². The molecule has 0 N–H and O–H groups in total. The minimum Gasteiger partial charge on any atom is -0.448 e. The average Bonchev–Trinajstić information content (AvgIpc) is 3.27. The van der Waals surface area contributed by atoms with Crippen molar-refractivity contribution in [2.75, 3.05) is 0 Å². The number of hydrogen-bond donors (Lipinski definition) is 0. The van der Waals surface area contributed by atoms with Crippen LogP contribution in [0.1, 0.15) is 75.9 Å². The first-order chi connectivity index (χ1) is 12.5. The lowest BCUT2D eigenvalue weighted by molar-refractivity contribution is 0.311. The molecule has 0 bridgehead atoms. The van der Waals surface area contributed by atoms with Crippen LogP contribution in [0.2, 0.25) is 0 Å².